The van der Waals surface area contributed by atoms with Crippen LogP contribution in [-0.4, -0.2) is 67.6 Å². The van der Waals surface area contributed by atoms with E-state index in [2.05, 4.69) is 28.9 Å². The molecular formula is C25H34Cl2N4O2. The lowest BCUT2D eigenvalue weighted by Crippen LogP contribution is -2.50. The van der Waals surface area contributed by atoms with Crippen LogP contribution in [0, 0.1) is 0 Å². The van der Waals surface area contributed by atoms with E-state index in [4.69, 9.17) is 22.1 Å². The van der Waals surface area contributed by atoms with Crippen molar-refractivity contribution in [2.75, 3.05) is 56.5 Å². The largest absolute Gasteiger partial charge is 0.491 e. The summed E-state index contributed by atoms with van der Waals surface area (Å²) in [4.78, 5) is 18.7. The average Bonchev–Trinajstić information content (AvgIpc) is 3.20. The minimum atomic E-state index is 0. The van der Waals surface area contributed by atoms with E-state index in [9.17, 15) is 4.79 Å². The topological polar surface area (TPSA) is 62.0 Å². The Bertz CT molecular complexity index is 963. The van der Waals surface area contributed by atoms with Crippen molar-refractivity contribution in [3.63, 3.8) is 0 Å². The summed E-state index contributed by atoms with van der Waals surface area (Å²) in [6.45, 7) is 10.3. The molecule has 1 unspecified atom stereocenters. The van der Waals surface area contributed by atoms with Gasteiger partial charge in [-0.1, -0.05) is 29.8 Å². The molecule has 0 aromatic heterocycles. The number of nitrogens with zero attached hydrogens (tertiary/aromatic N) is 3. The number of carbonyl (C=O) groups excluding carboxylic acids is 1. The molecule has 1 atom stereocenters. The first-order valence-electron chi connectivity index (χ1n) is 11.5. The van der Waals surface area contributed by atoms with Gasteiger partial charge in [-0.05, 0) is 49.1 Å². The fourth-order valence-electron chi connectivity index (χ4n) is 4.83. The third-order valence-corrected chi connectivity index (χ3v) is 6.91. The van der Waals surface area contributed by atoms with E-state index in [0.29, 0.717) is 17.7 Å². The lowest BCUT2D eigenvalue weighted by Gasteiger charge is -2.38. The van der Waals surface area contributed by atoms with Crippen molar-refractivity contribution in [2.24, 2.45) is 0 Å². The highest BCUT2D eigenvalue weighted by atomic mass is 35.5. The summed E-state index contributed by atoms with van der Waals surface area (Å²) in [5, 5.41) is 0.660. The number of ether oxygens (including phenoxy) is 1. The molecule has 2 N–H and O–H groups in total. The molecule has 4 rings (SSSR count). The number of anilines is 2. The van der Waals surface area contributed by atoms with E-state index in [1.165, 1.54) is 11.1 Å². The van der Waals surface area contributed by atoms with E-state index in [0.717, 1.165) is 69.2 Å². The van der Waals surface area contributed by atoms with Crippen molar-refractivity contribution in [3.8, 4) is 5.75 Å². The molecular weight excluding hydrogens is 459 g/mol. The number of fused-ring (bicyclic) bond motifs is 1. The Balaban J connectivity index is 0.00000306. The summed E-state index contributed by atoms with van der Waals surface area (Å²) in [6, 6.07) is 12.4. The Labute approximate surface area is 208 Å². The number of para-hydroxylation sites is 1. The molecule has 0 radical (unpaired) electrons. The van der Waals surface area contributed by atoms with Gasteiger partial charge in [0.1, 0.15) is 12.4 Å². The molecule has 6 nitrogen and oxygen atoms in total. The number of amides is 1. The number of rotatable bonds is 7. The maximum absolute atomic E-state index is 11.9. The Morgan fingerprint density at radius 3 is 2.58 bits per heavy atom. The third kappa shape index (κ3) is 6.12. The molecule has 1 saturated heterocycles. The van der Waals surface area contributed by atoms with Gasteiger partial charge in [-0.15, -0.1) is 12.4 Å². The monoisotopic (exact) mass is 492 g/mol. The second-order valence-electron chi connectivity index (χ2n) is 8.82. The number of piperazine rings is 1. The Hall–Kier alpha value is -1.99. The van der Waals surface area contributed by atoms with Gasteiger partial charge in [0.15, 0.2) is 0 Å². The van der Waals surface area contributed by atoms with Gasteiger partial charge >= 0.3 is 0 Å². The van der Waals surface area contributed by atoms with Crippen LogP contribution in [0.25, 0.3) is 0 Å². The zero-order valence-corrected chi connectivity index (χ0v) is 21.0. The van der Waals surface area contributed by atoms with Crippen LogP contribution in [0.5, 0.6) is 5.75 Å². The standard InChI is InChI=1S/C25H33ClN4O2.ClH/c1-18(15-20-16-21-7-8-30(19(2)31)25(21)23(27)17-20)29-11-9-28(10-12-29)13-14-32-24-6-4-3-5-22(24)26;/h3-6,16-18H,7-15,27H2,1-2H3;1H. The van der Waals surface area contributed by atoms with Crippen LogP contribution in [0.3, 0.4) is 0 Å². The first kappa shape index (κ1) is 25.6. The summed E-state index contributed by atoms with van der Waals surface area (Å²) in [6.07, 6.45) is 1.85. The number of hydrogen-bond acceptors (Lipinski definition) is 5. The SMILES string of the molecule is CC(=O)N1CCc2cc(CC(C)N3CCN(CCOc4ccccc4Cl)CC3)cc(N)c21.Cl. The van der Waals surface area contributed by atoms with Crippen LogP contribution in [0.4, 0.5) is 11.4 Å². The summed E-state index contributed by atoms with van der Waals surface area (Å²) in [5.41, 5.74) is 10.4. The molecule has 2 heterocycles. The first-order chi connectivity index (χ1) is 15.4. The first-order valence-corrected chi connectivity index (χ1v) is 11.8. The minimum Gasteiger partial charge on any atom is -0.491 e. The summed E-state index contributed by atoms with van der Waals surface area (Å²) in [7, 11) is 0. The number of carbonyl (C=O) groups is 1. The summed E-state index contributed by atoms with van der Waals surface area (Å²) < 4.78 is 5.84. The lowest BCUT2D eigenvalue weighted by molar-refractivity contribution is -0.116. The van der Waals surface area contributed by atoms with Gasteiger partial charge in [0.05, 0.1) is 16.4 Å². The number of benzene rings is 2. The third-order valence-electron chi connectivity index (χ3n) is 6.60. The van der Waals surface area contributed by atoms with E-state index in [1.807, 2.05) is 24.3 Å². The molecule has 180 valence electrons. The smallest absolute Gasteiger partial charge is 0.223 e. The lowest BCUT2D eigenvalue weighted by atomic mass is 10.00. The van der Waals surface area contributed by atoms with Crippen LogP contribution in [0.15, 0.2) is 36.4 Å². The highest BCUT2D eigenvalue weighted by Crippen LogP contribution is 2.35. The number of nitrogens with two attached hydrogens (primary N) is 1. The van der Waals surface area contributed by atoms with Crippen molar-refractivity contribution in [2.45, 2.75) is 32.7 Å². The molecule has 8 heteroatoms. The Kier molecular flexibility index (Phi) is 8.88. The second kappa shape index (κ2) is 11.4. The second-order valence-corrected chi connectivity index (χ2v) is 9.23. The van der Waals surface area contributed by atoms with Gasteiger partial charge < -0.3 is 15.4 Å². The van der Waals surface area contributed by atoms with Crippen molar-refractivity contribution >= 4 is 41.3 Å². The van der Waals surface area contributed by atoms with Crippen LogP contribution in [0.1, 0.15) is 25.0 Å². The van der Waals surface area contributed by atoms with Crippen LogP contribution >= 0.6 is 24.0 Å². The predicted octanol–water partition coefficient (Wildman–Crippen LogP) is 3.88. The fourth-order valence-corrected chi connectivity index (χ4v) is 5.02. The summed E-state index contributed by atoms with van der Waals surface area (Å²) in [5.74, 6) is 0.813. The normalized spacial score (nSPS) is 17.4. The number of halogens is 2. The summed E-state index contributed by atoms with van der Waals surface area (Å²) >= 11 is 6.16. The molecule has 0 aliphatic carbocycles. The highest BCUT2D eigenvalue weighted by Gasteiger charge is 2.26. The van der Waals surface area contributed by atoms with Gasteiger partial charge in [-0.3, -0.25) is 14.6 Å². The average molecular weight is 493 g/mol. The highest BCUT2D eigenvalue weighted by molar-refractivity contribution is 6.32. The predicted molar refractivity (Wildman–Crippen MR) is 138 cm³/mol. The number of nitrogen functional groups attached to an aromatic ring is 1. The minimum absolute atomic E-state index is 0. The number of hydrogen-bond donors (Lipinski definition) is 1. The van der Waals surface area contributed by atoms with Crippen molar-refractivity contribution in [3.05, 3.63) is 52.5 Å². The van der Waals surface area contributed by atoms with Crippen molar-refractivity contribution in [1.29, 1.82) is 0 Å². The van der Waals surface area contributed by atoms with Crippen molar-refractivity contribution in [1.82, 2.24) is 9.80 Å². The molecule has 2 aliphatic heterocycles. The van der Waals surface area contributed by atoms with E-state index in [-0.39, 0.29) is 18.3 Å². The fraction of sp³-hybridized carbons (Fsp3) is 0.480. The molecule has 2 aromatic carbocycles. The van der Waals surface area contributed by atoms with Gasteiger partial charge in [0.2, 0.25) is 5.91 Å². The van der Waals surface area contributed by atoms with Crippen LogP contribution in [-0.2, 0) is 17.6 Å². The Morgan fingerprint density at radius 2 is 1.88 bits per heavy atom. The van der Waals surface area contributed by atoms with Crippen molar-refractivity contribution < 1.29 is 9.53 Å². The molecule has 0 spiro atoms. The van der Waals surface area contributed by atoms with Crippen LogP contribution < -0.4 is 15.4 Å². The molecule has 1 amide bonds. The zero-order valence-electron chi connectivity index (χ0n) is 19.4. The molecule has 2 aromatic rings. The zero-order chi connectivity index (χ0) is 22.7. The molecule has 0 saturated carbocycles. The van der Waals surface area contributed by atoms with Gasteiger partial charge in [0.25, 0.3) is 0 Å². The Morgan fingerprint density at radius 1 is 1.15 bits per heavy atom. The van der Waals surface area contributed by atoms with E-state index < -0.39 is 0 Å². The van der Waals surface area contributed by atoms with Gasteiger partial charge in [-0.25, -0.2) is 0 Å². The van der Waals surface area contributed by atoms with Gasteiger partial charge in [-0.2, -0.15) is 0 Å². The maximum atomic E-state index is 11.9. The van der Waals surface area contributed by atoms with Gasteiger partial charge in [0, 0.05) is 52.2 Å². The maximum Gasteiger partial charge on any atom is 0.223 e. The quantitative estimate of drug-likeness (QED) is 0.594. The van der Waals surface area contributed by atoms with E-state index in [1.54, 1.807) is 11.8 Å². The molecule has 2 aliphatic rings. The van der Waals surface area contributed by atoms with Crippen LogP contribution in [0.2, 0.25) is 5.02 Å². The molecule has 33 heavy (non-hydrogen) atoms. The molecule has 1 fully saturated rings. The van der Waals surface area contributed by atoms with E-state index >= 15 is 0 Å². The molecule has 0 bridgehead atoms.